The molecule has 1 aromatic heterocycles. The van der Waals surface area contributed by atoms with Gasteiger partial charge in [0, 0.05) is 24.6 Å². The fourth-order valence-electron chi connectivity index (χ4n) is 1.49. The summed E-state index contributed by atoms with van der Waals surface area (Å²) in [7, 11) is 0. The predicted octanol–water partition coefficient (Wildman–Crippen LogP) is 2.37. The van der Waals surface area contributed by atoms with Crippen LogP contribution in [0.5, 0.6) is 0 Å². The number of nitrogens with zero attached hydrogens (tertiary/aromatic N) is 2. The third kappa shape index (κ3) is 3.15. The molecule has 1 aliphatic heterocycles. The van der Waals surface area contributed by atoms with Crippen LogP contribution in [0.3, 0.4) is 0 Å². The van der Waals surface area contributed by atoms with E-state index in [1.165, 1.54) is 5.56 Å². The van der Waals surface area contributed by atoms with E-state index in [1.807, 2.05) is 11.8 Å². The summed E-state index contributed by atoms with van der Waals surface area (Å²) in [5, 5.41) is 2.06. The number of aliphatic imine (C=N–C) groups is 1. The Morgan fingerprint density at radius 1 is 1.50 bits per heavy atom. The van der Waals surface area contributed by atoms with Crippen LogP contribution in [-0.4, -0.2) is 35.5 Å². The van der Waals surface area contributed by atoms with Gasteiger partial charge in [0.15, 0.2) is 5.96 Å². The Bertz CT molecular complexity index is 372. The number of thioether (sulfide) groups is 1. The summed E-state index contributed by atoms with van der Waals surface area (Å²) in [5.41, 5.74) is 7.18. The number of hydrogen-bond donors (Lipinski definition) is 1. The van der Waals surface area contributed by atoms with Gasteiger partial charge in [0.05, 0.1) is 10.3 Å². The van der Waals surface area contributed by atoms with Crippen molar-refractivity contribution in [2.24, 2.45) is 10.7 Å². The fraction of sp³-hybridized carbons (Fsp3) is 0.500. The number of rotatable bonds is 2. The lowest BCUT2D eigenvalue weighted by molar-refractivity contribution is 0.455. The molecule has 1 aromatic rings. The molecular weight excluding hydrogens is 306 g/mol. The van der Waals surface area contributed by atoms with Crippen molar-refractivity contribution in [3.05, 3.63) is 20.8 Å². The number of hydrogen-bond acceptors (Lipinski definition) is 3. The molecule has 0 bridgehead atoms. The Labute approximate surface area is 112 Å². The van der Waals surface area contributed by atoms with Crippen molar-refractivity contribution < 1.29 is 0 Å². The van der Waals surface area contributed by atoms with Crippen LogP contribution in [0.4, 0.5) is 0 Å². The minimum Gasteiger partial charge on any atom is -0.370 e. The Kier molecular flexibility index (Phi) is 4.55. The SMILES string of the molecule is NC(=NCc1ccsc1Br)N1CCSCC1. The first kappa shape index (κ1) is 12.3. The Morgan fingerprint density at radius 3 is 2.88 bits per heavy atom. The molecule has 0 radical (unpaired) electrons. The van der Waals surface area contributed by atoms with Gasteiger partial charge >= 0.3 is 0 Å². The van der Waals surface area contributed by atoms with Crippen molar-refractivity contribution in [1.82, 2.24) is 4.90 Å². The molecule has 0 aromatic carbocycles. The highest BCUT2D eigenvalue weighted by atomic mass is 79.9. The van der Waals surface area contributed by atoms with Gasteiger partial charge in [0.1, 0.15) is 0 Å². The lowest BCUT2D eigenvalue weighted by Crippen LogP contribution is -2.42. The number of halogens is 1. The van der Waals surface area contributed by atoms with Crippen LogP contribution in [0.15, 0.2) is 20.2 Å². The summed E-state index contributed by atoms with van der Waals surface area (Å²) >= 11 is 7.16. The zero-order chi connectivity index (χ0) is 11.4. The smallest absolute Gasteiger partial charge is 0.191 e. The second-order valence-corrected chi connectivity index (χ2v) is 6.95. The summed E-state index contributed by atoms with van der Waals surface area (Å²) in [6.45, 7) is 2.70. The summed E-state index contributed by atoms with van der Waals surface area (Å²) in [6.07, 6.45) is 0. The highest BCUT2D eigenvalue weighted by Gasteiger charge is 2.12. The molecule has 1 saturated heterocycles. The third-order valence-electron chi connectivity index (χ3n) is 2.44. The van der Waals surface area contributed by atoms with Gasteiger partial charge in [-0.3, -0.25) is 0 Å². The van der Waals surface area contributed by atoms with Gasteiger partial charge in [-0.25, -0.2) is 4.99 Å². The Balaban J connectivity index is 1.93. The molecule has 6 heteroatoms. The van der Waals surface area contributed by atoms with Crippen LogP contribution in [0.2, 0.25) is 0 Å². The zero-order valence-electron chi connectivity index (χ0n) is 8.86. The molecule has 0 saturated carbocycles. The lowest BCUT2D eigenvalue weighted by atomic mass is 10.3. The first-order chi connectivity index (χ1) is 7.77. The number of guanidine groups is 1. The molecule has 2 N–H and O–H groups in total. The van der Waals surface area contributed by atoms with E-state index >= 15 is 0 Å². The van der Waals surface area contributed by atoms with Gasteiger partial charge in [-0.2, -0.15) is 11.8 Å². The van der Waals surface area contributed by atoms with E-state index in [2.05, 4.69) is 37.3 Å². The summed E-state index contributed by atoms with van der Waals surface area (Å²) < 4.78 is 1.15. The average molecular weight is 320 g/mol. The monoisotopic (exact) mass is 319 g/mol. The summed E-state index contributed by atoms with van der Waals surface area (Å²) in [5.74, 6) is 2.98. The van der Waals surface area contributed by atoms with E-state index in [9.17, 15) is 0 Å². The molecule has 3 nitrogen and oxygen atoms in total. The molecule has 2 rings (SSSR count). The van der Waals surface area contributed by atoms with E-state index in [0.717, 1.165) is 28.4 Å². The normalized spacial score (nSPS) is 17.8. The molecule has 0 spiro atoms. The average Bonchev–Trinajstić information content (AvgIpc) is 2.73. The van der Waals surface area contributed by atoms with Gasteiger partial charge in [0.2, 0.25) is 0 Å². The van der Waals surface area contributed by atoms with E-state index in [1.54, 1.807) is 11.3 Å². The van der Waals surface area contributed by atoms with E-state index in [4.69, 9.17) is 5.73 Å². The Hall–Kier alpha value is -0.200. The summed E-state index contributed by atoms with van der Waals surface area (Å²) in [4.78, 5) is 6.60. The lowest BCUT2D eigenvalue weighted by Gasteiger charge is -2.27. The van der Waals surface area contributed by atoms with E-state index < -0.39 is 0 Å². The number of nitrogens with two attached hydrogens (primary N) is 1. The fourth-order valence-corrected chi connectivity index (χ4v) is 3.61. The zero-order valence-corrected chi connectivity index (χ0v) is 12.1. The predicted molar refractivity (Wildman–Crippen MR) is 76.2 cm³/mol. The molecule has 2 heterocycles. The van der Waals surface area contributed by atoms with Crippen molar-refractivity contribution >= 4 is 45.0 Å². The van der Waals surface area contributed by atoms with Gasteiger partial charge in [-0.05, 0) is 32.9 Å². The second kappa shape index (κ2) is 5.93. The maximum atomic E-state index is 5.97. The molecule has 1 aliphatic rings. The van der Waals surface area contributed by atoms with E-state index in [0.29, 0.717) is 12.5 Å². The highest BCUT2D eigenvalue weighted by molar-refractivity contribution is 9.11. The van der Waals surface area contributed by atoms with Crippen molar-refractivity contribution in [1.29, 1.82) is 0 Å². The topological polar surface area (TPSA) is 41.6 Å². The van der Waals surface area contributed by atoms with Gasteiger partial charge in [-0.15, -0.1) is 11.3 Å². The van der Waals surface area contributed by atoms with Crippen molar-refractivity contribution in [2.45, 2.75) is 6.54 Å². The van der Waals surface area contributed by atoms with Gasteiger partial charge in [-0.1, -0.05) is 0 Å². The quantitative estimate of drug-likeness (QED) is 0.672. The highest BCUT2D eigenvalue weighted by Crippen LogP contribution is 2.23. The standard InChI is InChI=1S/C10H14BrN3S2/c11-9-8(1-4-16-9)7-13-10(12)14-2-5-15-6-3-14/h1,4H,2-3,5-7H2,(H2,12,13). The van der Waals surface area contributed by atoms with E-state index in [-0.39, 0.29) is 0 Å². The minimum atomic E-state index is 0.666. The molecule has 0 atom stereocenters. The molecule has 1 fully saturated rings. The van der Waals surface area contributed by atoms with Crippen LogP contribution in [-0.2, 0) is 6.54 Å². The largest absolute Gasteiger partial charge is 0.370 e. The van der Waals surface area contributed by atoms with Crippen LogP contribution in [0.25, 0.3) is 0 Å². The van der Waals surface area contributed by atoms with Gasteiger partial charge in [0.25, 0.3) is 0 Å². The minimum absolute atomic E-state index is 0.666. The Morgan fingerprint density at radius 2 is 2.25 bits per heavy atom. The molecule has 0 aliphatic carbocycles. The van der Waals surface area contributed by atoms with Crippen molar-refractivity contribution in [3.63, 3.8) is 0 Å². The molecule has 0 unspecified atom stereocenters. The van der Waals surface area contributed by atoms with Crippen molar-refractivity contribution in [3.8, 4) is 0 Å². The first-order valence-corrected chi connectivity index (χ1v) is 7.94. The molecule has 88 valence electrons. The maximum absolute atomic E-state index is 5.97. The van der Waals surface area contributed by atoms with Crippen LogP contribution in [0, 0.1) is 0 Å². The van der Waals surface area contributed by atoms with Crippen molar-refractivity contribution in [2.75, 3.05) is 24.6 Å². The molecular formula is C10H14BrN3S2. The van der Waals surface area contributed by atoms with Crippen LogP contribution in [0.1, 0.15) is 5.56 Å². The maximum Gasteiger partial charge on any atom is 0.191 e. The molecule has 0 amide bonds. The van der Waals surface area contributed by atoms with Crippen LogP contribution >= 0.6 is 39.0 Å². The number of thiophene rings is 1. The van der Waals surface area contributed by atoms with Gasteiger partial charge < -0.3 is 10.6 Å². The van der Waals surface area contributed by atoms with Crippen LogP contribution < -0.4 is 5.73 Å². The third-order valence-corrected chi connectivity index (χ3v) is 5.19. The second-order valence-electron chi connectivity index (χ2n) is 3.49. The molecule has 16 heavy (non-hydrogen) atoms. The summed E-state index contributed by atoms with van der Waals surface area (Å²) in [6, 6.07) is 2.08. The first-order valence-electron chi connectivity index (χ1n) is 5.12.